The van der Waals surface area contributed by atoms with Crippen molar-refractivity contribution in [2.45, 2.75) is 32.4 Å². The van der Waals surface area contributed by atoms with Crippen LogP contribution in [0.2, 0.25) is 5.02 Å². The average molecular weight is 271 g/mol. The number of nitrogens with one attached hydrogen (secondary N) is 1. The van der Waals surface area contributed by atoms with Gasteiger partial charge in [0.2, 0.25) is 0 Å². The van der Waals surface area contributed by atoms with Crippen LogP contribution in [0.15, 0.2) is 18.2 Å². The maximum absolute atomic E-state index is 11.5. The van der Waals surface area contributed by atoms with E-state index in [0.717, 1.165) is 5.56 Å². The summed E-state index contributed by atoms with van der Waals surface area (Å²) in [5.74, 6) is 0.342. The molecule has 5 heteroatoms. The molecule has 3 N–H and O–H groups in total. The minimum absolute atomic E-state index is 0.00104. The van der Waals surface area contributed by atoms with Crippen molar-refractivity contribution >= 4 is 17.5 Å². The summed E-state index contributed by atoms with van der Waals surface area (Å²) in [7, 11) is 1.57. The summed E-state index contributed by atoms with van der Waals surface area (Å²) in [5.41, 5.74) is 6.69. The summed E-state index contributed by atoms with van der Waals surface area (Å²) in [6, 6.07) is 5.48. The Bertz CT molecular complexity index is 421. The van der Waals surface area contributed by atoms with Crippen LogP contribution in [-0.4, -0.2) is 25.1 Å². The molecule has 1 aromatic rings. The van der Waals surface area contributed by atoms with E-state index < -0.39 is 6.10 Å². The lowest BCUT2D eigenvalue weighted by molar-refractivity contribution is -0.126. The smallest absolute Gasteiger partial charge is 0.260 e. The standard InChI is InChI=1S/C13H19ClN2O2/c1-8(15)7-10-5-4-6-11(14)12(10)18-9(2)13(17)16-3/h4-6,8-9H,7,15H2,1-3H3,(H,16,17). The molecule has 0 radical (unpaired) electrons. The summed E-state index contributed by atoms with van der Waals surface area (Å²) in [6.45, 7) is 3.59. The summed E-state index contributed by atoms with van der Waals surface area (Å²) in [5, 5.41) is 3.02. The van der Waals surface area contributed by atoms with Crippen LogP contribution in [0.5, 0.6) is 5.75 Å². The molecule has 0 saturated heterocycles. The molecule has 2 unspecified atom stereocenters. The topological polar surface area (TPSA) is 64.3 Å². The van der Waals surface area contributed by atoms with Crippen molar-refractivity contribution in [1.29, 1.82) is 0 Å². The van der Waals surface area contributed by atoms with E-state index in [1.54, 1.807) is 20.0 Å². The van der Waals surface area contributed by atoms with Crippen LogP contribution in [0.1, 0.15) is 19.4 Å². The second-order valence-electron chi connectivity index (χ2n) is 4.28. The van der Waals surface area contributed by atoms with Crippen molar-refractivity contribution in [2.24, 2.45) is 5.73 Å². The van der Waals surface area contributed by atoms with Gasteiger partial charge in [-0.2, -0.15) is 0 Å². The molecule has 0 spiro atoms. The highest BCUT2D eigenvalue weighted by molar-refractivity contribution is 6.32. The van der Waals surface area contributed by atoms with Crippen molar-refractivity contribution in [3.63, 3.8) is 0 Å². The number of carbonyl (C=O) groups is 1. The quantitative estimate of drug-likeness (QED) is 0.857. The number of carbonyl (C=O) groups excluding carboxylic acids is 1. The maximum atomic E-state index is 11.5. The largest absolute Gasteiger partial charge is 0.479 e. The van der Waals surface area contributed by atoms with Gasteiger partial charge in [0, 0.05) is 13.1 Å². The van der Waals surface area contributed by atoms with E-state index in [1.807, 2.05) is 19.1 Å². The molecular weight excluding hydrogens is 252 g/mol. The van der Waals surface area contributed by atoms with Gasteiger partial charge in [-0.25, -0.2) is 0 Å². The lowest BCUT2D eigenvalue weighted by Crippen LogP contribution is -2.34. The van der Waals surface area contributed by atoms with E-state index in [1.165, 1.54) is 0 Å². The highest BCUT2D eigenvalue weighted by Gasteiger charge is 2.17. The Balaban J connectivity index is 2.95. The molecule has 0 aliphatic rings. The minimum atomic E-state index is -0.596. The summed E-state index contributed by atoms with van der Waals surface area (Å²) in [6.07, 6.45) is 0.0535. The third kappa shape index (κ3) is 3.89. The van der Waals surface area contributed by atoms with E-state index >= 15 is 0 Å². The molecule has 1 rings (SSSR count). The van der Waals surface area contributed by atoms with Gasteiger partial charge in [-0.15, -0.1) is 0 Å². The minimum Gasteiger partial charge on any atom is -0.479 e. The predicted octanol–water partition coefficient (Wildman–Crippen LogP) is 1.74. The Hall–Kier alpha value is -1.26. The van der Waals surface area contributed by atoms with Crippen molar-refractivity contribution in [2.75, 3.05) is 7.05 Å². The molecule has 1 aromatic carbocycles. The zero-order valence-corrected chi connectivity index (χ0v) is 11.6. The molecule has 0 aliphatic heterocycles. The summed E-state index contributed by atoms with van der Waals surface area (Å²) >= 11 is 6.11. The first-order valence-electron chi connectivity index (χ1n) is 5.87. The van der Waals surface area contributed by atoms with E-state index in [4.69, 9.17) is 22.1 Å². The lowest BCUT2D eigenvalue weighted by atomic mass is 10.1. The van der Waals surface area contributed by atoms with Crippen molar-refractivity contribution in [3.05, 3.63) is 28.8 Å². The highest BCUT2D eigenvalue weighted by Crippen LogP contribution is 2.30. The normalized spacial score (nSPS) is 13.8. The number of halogens is 1. The number of amides is 1. The molecule has 0 aromatic heterocycles. The molecule has 2 atom stereocenters. The zero-order valence-electron chi connectivity index (χ0n) is 10.9. The number of para-hydroxylation sites is 1. The number of ether oxygens (including phenoxy) is 1. The Morgan fingerprint density at radius 1 is 1.50 bits per heavy atom. The van der Waals surface area contributed by atoms with Gasteiger partial charge in [0.25, 0.3) is 5.91 Å². The van der Waals surface area contributed by atoms with Crippen molar-refractivity contribution in [1.82, 2.24) is 5.32 Å². The first kappa shape index (κ1) is 14.8. The monoisotopic (exact) mass is 270 g/mol. The van der Waals surface area contributed by atoms with Gasteiger partial charge in [0.1, 0.15) is 5.75 Å². The lowest BCUT2D eigenvalue weighted by Gasteiger charge is -2.18. The highest BCUT2D eigenvalue weighted by atomic mass is 35.5. The summed E-state index contributed by atoms with van der Waals surface area (Å²) < 4.78 is 5.63. The fourth-order valence-electron chi connectivity index (χ4n) is 1.63. The van der Waals surface area contributed by atoms with Gasteiger partial charge in [0.05, 0.1) is 5.02 Å². The van der Waals surface area contributed by atoms with Crippen LogP contribution in [0.4, 0.5) is 0 Å². The number of likely N-dealkylation sites (N-methyl/N-ethyl adjacent to an activating group) is 1. The molecule has 0 fully saturated rings. The Morgan fingerprint density at radius 2 is 2.17 bits per heavy atom. The van der Waals surface area contributed by atoms with Crippen LogP contribution in [0.25, 0.3) is 0 Å². The van der Waals surface area contributed by atoms with Gasteiger partial charge in [0.15, 0.2) is 6.10 Å². The molecule has 0 bridgehead atoms. The van der Waals surface area contributed by atoms with E-state index in [2.05, 4.69) is 5.32 Å². The third-order valence-electron chi connectivity index (χ3n) is 2.50. The zero-order chi connectivity index (χ0) is 13.7. The molecule has 18 heavy (non-hydrogen) atoms. The molecular formula is C13H19ClN2O2. The first-order chi connectivity index (χ1) is 8.45. The number of hydrogen-bond acceptors (Lipinski definition) is 3. The molecule has 0 saturated carbocycles. The van der Waals surface area contributed by atoms with Crippen LogP contribution < -0.4 is 15.8 Å². The van der Waals surface area contributed by atoms with Gasteiger partial charge in [-0.1, -0.05) is 23.7 Å². The van der Waals surface area contributed by atoms with Crippen LogP contribution >= 0.6 is 11.6 Å². The second-order valence-corrected chi connectivity index (χ2v) is 4.69. The number of benzene rings is 1. The van der Waals surface area contributed by atoms with E-state index in [0.29, 0.717) is 17.2 Å². The molecule has 100 valence electrons. The Kier molecular flexibility index (Phi) is 5.44. The SMILES string of the molecule is CNC(=O)C(C)Oc1c(Cl)cccc1CC(C)N. The number of hydrogen-bond donors (Lipinski definition) is 2. The van der Waals surface area contributed by atoms with Gasteiger partial charge >= 0.3 is 0 Å². The van der Waals surface area contributed by atoms with Gasteiger partial charge in [-0.3, -0.25) is 4.79 Å². The third-order valence-corrected chi connectivity index (χ3v) is 2.80. The first-order valence-corrected chi connectivity index (χ1v) is 6.24. The Morgan fingerprint density at radius 3 is 2.72 bits per heavy atom. The molecule has 0 aliphatic carbocycles. The Labute approximate surface area is 112 Å². The fourth-order valence-corrected chi connectivity index (χ4v) is 1.87. The van der Waals surface area contributed by atoms with E-state index in [9.17, 15) is 4.79 Å². The van der Waals surface area contributed by atoms with Gasteiger partial charge < -0.3 is 15.8 Å². The van der Waals surface area contributed by atoms with Crippen LogP contribution in [0, 0.1) is 0 Å². The second kappa shape index (κ2) is 6.61. The molecule has 4 nitrogen and oxygen atoms in total. The van der Waals surface area contributed by atoms with Crippen LogP contribution in [0.3, 0.4) is 0 Å². The predicted molar refractivity (Wildman–Crippen MR) is 73.0 cm³/mol. The molecule has 1 amide bonds. The molecule has 0 heterocycles. The van der Waals surface area contributed by atoms with E-state index in [-0.39, 0.29) is 11.9 Å². The fraction of sp³-hybridized carbons (Fsp3) is 0.462. The maximum Gasteiger partial charge on any atom is 0.260 e. The number of nitrogens with two attached hydrogens (primary N) is 1. The van der Waals surface area contributed by atoms with Crippen molar-refractivity contribution < 1.29 is 9.53 Å². The van der Waals surface area contributed by atoms with Gasteiger partial charge in [-0.05, 0) is 31.9 Å². The van der Waals surface area contributed by atoms with Crippen molar-refractivity contribution in [3.8, 4) is 5.75 Å². The van der Waals surface area contributed by atoms with Crippen LogP contribution in [-0.2, 0) is 11.2 Å². The number of rotatable bonds is 5. The summed E-state index contributed by atoms with van der Waals surface area (Å²) in [4.78, 5) is 11.5. The average Bonchev–Trinajstić information content (AvgIpc) is 2.31.